The number of alkyl halides is 1. The van der Waals surface area contributed by atoms with Crippen LogP contribution in [0.5, 0.6) is 0 Å². The van der Waals surface area contributed by atoms with Crippen LogP contribution in [0.2, 0.25) is 5.02 Å². The lowest BCUT2D eigenvalue weighted by Gasteiger charge is -2.00. The van der Waals surface area contributed by atoms with E-state index in [0.29, 0.717) is 22.0 Å². The Morgan fingerprint density at radius 1 is 1.41 bits per heavy atom. The van der Waals surface area contributed by atoms with Gasteiger partial charge in [0.05, 0.1) is 10.9 Å². The Hall–Kier alpha value is -1.13. The van der Waals surface area contributed by atoms with Crippen molar-refractivity contribution in [1.29, 1.82) is 0 Å². The first-order valence-corrected chi connectivity index (χ1v) is 6.45. The summed E-state index contributed by atoms with van der Waals surface area (Å²) in [5, 5.41) is 4.81. The second-order valence-electron chi connectivity index (χ2n) is 3.53. The summed E-state index contributed by atoms with van der Waals surface area (Å²) in [4.78, 5) is 11.8. The molecule has 1 heterocycles. The fourth-order valence-electron chi connectivity index (χ4n) is 1.57. The summed E-state index contributed by atoms with van der Waals surface area (Å²) in [6.07, 6.45) is 0. The van der Waals surface area contributed by atoms with Crippen LogP contribution in [-0.2, 0) is 0 Å². The van der Waals surface area contributed by atoms with Gasteiger partial charge in [-0.05, 0) is 19.1 Å². The monoisotopic (exact) mass is 313 g/mol. The van der Waals surface area contributed by atoms with Gasteiger partial charge in [0.15, 0.2) is 5.78 Å². The zero-order chi connectivity index (χ0) is 12.4. The molecule has 0 aliphatic rings. The second kappa shape index (κ2) is 5.02. The molecule has 0 N–H and O–H groups in total. The molecule has 0 aliphatic heterocycles. The van der Waals surface area contributed by atoms with Crippen LogP contribution >= 0.6 is 27.5 Å². The van der Waals surface area contributed by atoms with Gasteiger partial charge in [-0.1, -0.05) is 44.8 Å². The molecule has 0 spiro atoms. The lowest BCUT2D eigenvalue weighted by atomic mass is 10.0. The average Bonchev–Trinajstić information content (AvgIpc) is 2.71. The predicted octanol–water partition coefficient (Wildman–Crippen LogP) is 3.88. The third-order valence-corrected chi connectivity index (χ3v) is 3.14. The Kier molecular flexibility index (Phi) is 3.64. The van der Waals surface area contributed by atoms with Crippen LogP contribution in [0, 0.1) is 6.92 Å². The van der Waals surface area contributed by atoms with E-state index in [1.165, 1.54) is 0 Å². The number of aromatic nitrogens is 1. The summed E-state index contributed by atoms with van der Waals surface area (Å²) in [6, 6.07) is 7.13. The van der Waals surface area contributed by atoms with Crippen molar-refractivity contribution in [2.45, 2.75) is 6.92 Å². The first-order valence-electron chi connectivity index (χ1n) is 4.95. The van der Waals surface area contributed by atoms with Crippen LogP contribution in [0.15, 0.2) is 28.8 Å². The molecule has 0 saturated heterocycles. The van der Waals surface area contributed by atoms with Gasteiger partial charge in [0.2, 0.25) is 0 Å². The highest BCUT2D eigenvalue weighted by atomic mass is 79.9. The number of nitrogens with zero attached hydrogens (tertiary/aromatic N) is 1. The minimum absolute atomic E-state index is 0.0475. The third-order valence-electron chi connectivity index (χ3n) is 2.38. The van der Waals surface area contributed by atoms with Crippen molar-refractivity contribution in [2.75, 3.05) is 5.33 Å². The molecule has 3 nitrogen and oxygen atoms in total. The Bertz CT molecular complexity index is 548. The zero-order valence-electron chi connectivity index (χ0n) is 9.04. The number of Topliss-reactive ketones (excluding diaryl/α,β-unsaturated/α-hetero) is 1. The van der Waals surface area contributed by atoms with Gasteiger partial charge >= 0.3 is 0 Å². The molecular formula is C12H9BrClNO2. The molecule has 0 radical (unpaired) electrons. The van der Waals surface area contributed by atoms with Crippen molar-refractivity contribution in [3.05, 3.63) is 40.6 Å². The van der Waals surface area contributed by atoms with Gasteiger partial charge in [0.25, 0.3) is 0 Å². The molecule has 1 aromatic carbocycles. The van der Waals surface area contributed by atoms with E-state index in [9.17, 15) is 4.79 Å². The Morgan fingerprint density at radius 3 is 2.65 bits per heavy atom. The van der Waals surface area contributed by atoms with Gasteiger partial charge < -0.3 is 4.52 Å². The molecule has 0 saturated carbocycles. The highest BCUT2D eigenvalue weighted by Gasteiger charge is 2.20. The number of rotatable bonds is 3. The lowest BCUT2D eigenvalue weighted by molar-refractivity contribution is 0.102. The topological polar surface area (TPSA) is 43.1 Å². The first-order chi connectivity index (χ1) is 8.13. The molecule has 17 heavy (non-hydrogen) atoms. The van der Waals surface area contributed by atoms with E-state index in [1.54, 1.807) is 19.1 Å². The SMILES string of the molecule is Cc1onc(-c2ccc(Cl)cc2)c1C(=O)CBr. The number of ketones is 1. The van der Waals surface area contributed by atoms with Crippen molar-refractivity contribution < 1.29 is 9.32 Å². The number of carbonyl (C=O) groups is 1. The van der Waals surface area contributed by atoms with Crippen LogP contribution < -0.4 is 0 Å². The largest absolute Gasteiger partial charge is 0.360 e. The summed E-state index contributed by atoms with van der Waals surface area (Å²) in [5.74, 6) is 0.480. The summed E-state index contributed by atoms with van der Waals surface area (Å²) in [6.45, 7) is 1.72. The van der Waals surface area contributed by atoms with E-state index in [2.05, 4.69) is 21.1 Å². The molecule has 5 heteroatoms. The Balaban J connectivity index is 2.52. The molecule has 88 valence electrons. The predicted molar refractivity (Wildman–Crippen MR) is 69.8 cm³/mol. The van der Waals surface area contributed by atoms with Gasteiger partial charge in [0.1, 0.15) is 11.5 Å². The third kappa shape index (κ3) is 2.42. The standard InChI is InChI=1S/C12H9BrClNO2/c1-7-11(10(16)6-13)12(15-17-7)8-2-4-9(14)5-3-8/h2-5H,6H2,1H3. The van der Waals surface area contributed by atoms with E-state index in [1.807, 2.05) is 12.1 Å². The molecule has 2 aromatic rings. The fraction of sp³-hybridized carbons (Fsp3) is 0.167. The Labute approximate surface area is 112 Å². The van der Waals surface area contributed by atoms with Crippen LogP contribution in [0.3, 0.4) is 0 Å². The van der Waals surface area contributed by atoms with E-state index >= 15 is 0 Å². The summed E-state index contributed by atoms with van der Waals surface area (Å²) >= 11 is 8.96. The van der Waals surface area contributed by atoms with Crippen LogP contribution in [0.1, 0.15) is 16.1 Å². The molecule has 0 unspecified atom stereocenters. The highest BCUT2D eigenvalue weighted by Crippen LogP contribution is 2.27. The number of benzene rings is 1. The molecule has 2 rings (SSSR count). The number of carbonyl (C=O) groups excluding carboxylic acids is 1. The van der Waals surface area contributed by atoms with Crippen molar-refractivity contribution in [3.63, 3.8) is 0 Å². The van der Waals surface area contributed by atoms with Crippen molar-refractivity contribution in [1.82, 2.24) is 5.16 Å². The normalized spacial score (nSPS) is 10.5. The highest BCUT2D eigenvalue weighted by molar-refractivity contribution is 9.09. The minimum Gasteiger partial charge on any atom is -0.360 e. The summed E-state index contributed by atoms with van der Waals surface area (Å²) < 4.78 is 5.08. The van der Waals surface area contributed by atoms with Gasteiger partial charge in [0, 0.05) is 10.6 Å². The van der Waals surface area contributed by atoms with E-state index in [0.717, 1.165) is 5.56 Å². The first kappa shape index (κ1) is 12.3. The molecule has 0 atom stereocenters. The maximum Gasteiger partial charge on any atom is 0.179 e. The summed E-state index contributed by atoms with van der Waals surface area (Å²) in [5.41, 5.74) is 1.89. The smallest absolute Gasteiger partial charge is 0.179 e. The summed E-state index contributed by atoms with van der Waals surface area (Å²) in [7, 11) is 0. The van der Waals surface area contributed by atoms with Gasteiger partial charge in [-0.15, -0.1) is 0 Å². The van der Waals surface area contributed by atoms with E-state index < -0.39 is 0 Å². The second-order valence-corrected chi connectivity index (χ2v) is 4.52. The van der Waals surface area contributed by atoms with Crippen molar-refractivity contribution in [3.8, 4) is 11.3 Å². The lowest BCUT2D eigenvalue weighted by Crippen LogP contribution is -2.02. The van der Waals surface area contributed by atoms with Gasteiger partial charge in [-0.25, -0.2) is 0 Å². The average molecular weight is 315 g/mol. The number of hydrogen-bond donors (Lipinski definition) is 0. The molecule has 0 aliphatic carbocycles. The molecular weight excluding hydrogens is 305 g/mol. The molecule has 0 fully saturated rings. The van der Waals surface area contributed by atoms with Crippen molar-refractivity contribution in [2.24, 2.45) is 0 Å². The van der Waals surface area contributed by atoms with E-state index in [-0.39, 0.29) is 11.1 Å². The fourth-order valence-corrected chi connectivity index (χ4v) is 1.98. The quantitative estimate of drug-likeness (QED) is 0.638. The van der Waals surface area contributed by atoms with Crippen LogP contribution in [0.25, 0.3) is 11.3 Å². The van der Waals surface area contributed by atoms with Crippen LogP contribution in [0.4, 0.5) is 0 Å². The Morgan fingerprint density at radius 2 is 2.06 bits per heavy atom. The van der Waals surface area contributed by atoms with Crippen LogP contribution in [-0.4, -0.2) is 16.3 Å². The molecule has 0 amide bonds. The maximum absolute atomic E-state index is 11.8. The maximum atomic E-state index is 11.8. The van der Waals surface area contributed by atoms with Crippen molar-refractivity contribution >= 4 is 33.3 Å². The number of halogens is 2. The zero-order valence-corrected chi connectivity index (χ0v) is 11.4. The number of aryl methyl sites for hydroxylation is 1. The van der Waals surface area contributed by atoms with Gasteiger partial charge in [-0.2, -0.15) is 0 Å². The number of hydrogen-bond acceptors (Lipinski definition) is 3. The van der Waals surface area contributed by atoms with Gasteiger partial charge in [-0.3, -0.25) is 4.79 Å². The molecule has 1 aromatic heterocycles. The van der Waals surface area contributed by atoms with E-state index in [4.69, 9.17) is 16.1 Å². The minimum atomic E-state index is -0.0475. The molecule has 0 bridgehead atoms.